The van der Waals surface area contributed by atoms with E-state index >= 15 is 0 Å². The Labute approximate surface area is 312 Å². The predicted octanol–water partition coefficient (Wildman–Crippen LogP) is -4.16. The van der Waals surface area contributed by atoms with Crippen LogP contribution in [0.5, 0.6) is 0 Å². The Balaban J connectivity index is 1.43. The van der Waals surface area contributed by atoms with Gasteiger partial charge in [0, 0.05) is 77.4 Å². The highest BCUT2D eigenvalue weighted by Crippen LogP contribution is 2.18. The molecule has 0 unspecified atom stereocenters. The number of nitrogens with zero attached hydrogens (tertiary/aromatic N) is 5. The molecule has 0 bridgehead atoms. The van der Waals surface area contributed by atoms with E-state index in [1.54, 1.807) is 19.6 Å². The Morgan fingerprint density at radius 2 is 1.13 bits per heavy atom. The fraction of sp³-hybridized carbons (Fsp3) is 0.594. The van der Waals surface area contributed by atoms with Gasteiger partial charge in [-0.2, -0.15) is 0 Å². The highest BCUT2D eigenvalue weighted by Gasteiger charge is 2.36. The minimum atomic E-state index is -1.65. The largest absolute Gasteiger partial charge is 0.480 e. The molecule has 4 amide bonds. The van der Waals surface area contributed by atoms with Crippen molar-refractivity contribution in [3.05, 3.63) is 29.8 Å². The second-order valence-electron chi connectivity index (χ2n) is 13.0. The maximum absolute atomic E-state index is 12.8. The molecular formula is C32H50BN9O12. The number of carbonyl (C=O) groups is 7. The number of likely N-dealkylation sites (tertiary alicyclic amines) is 1. The lowest BCUT2D eigenvalue weighted by molar-refractivity contribution is -0.140. The lowest BCUT2D eigenvalue weighted by Crippen LogP contribution is -2.50. The molecule has 298 valence electrons. The summed E-state index contributed by atoms with van der Waals surface area (Å²) in [7, 11) is -1.65. The zero-order chi connectivity index (χ0) is 39.6. The first-order chi connectivity index (χ1) is 25.7. The molecule has 3 rings (SSSR count). The number of hydrogen-bond acceptors (Lipinski definition) is 14. The van der Waals surface area contributed by atoms with Crippen LogP contribution in [0, 0.1) is 0 Å². The van der Waals surface area contributed by atoms with E-state index in [2.05, 4.69) is 21.5 Å². The standard InChI is InChI=1S/C32H50BN9O12/c43-26(37-36-24-5-3-23(4-6-24)32(52)35-18-28(45)42-9-1-2-25(42)33(53)54)7-8-34-27(44)19-38-10-12-39(20-29(46)47)14-16-41(22-31(50)51)17-15-40(13-11-38)21-30(48)49/h3-6,25,36,53-54H,1-2,7-22H2,(H,34,44)(H,35,52)(H,37,43)(H,46,47)(H,48,49)(H,50,51)/t25-/m0/s1. The van der Waals surface area contributed by atoms with E-state index in [1.165, 1.54) is 29.2 Å². The smallest absolute Gasteiger partial charge is 0.475 e. The van der Waals surface area contributed by atoms with E-state index in [-0.39, 0.29) is 104 Å². The Kier molecular flexibility index (Phi) is 18.0. The minimum Gasteiger partial charge on any atom is -0.480 e. The van der Waals surface area contributed by atoms with Crippen LogP contribution in [0.4, 0.5) is 5.69 Å². The third kappa shape index (κ3) is 16.0. The van der Waals surface area contributed by atoms with Crippen molar-refractivity contribution in [2.75, 3.05) is 104 Å². The second kappa shape index (κ2) is 22.4. The monoisotopic (exact) mass is 763 g/mol. The van der Waals surface area contributed by atoms with Crippen LogP contribution in [0.15, 0.2) is 24.3 Å². The van der Waals surface area contributed by atoms with E-state index in [0.717, 1.165) is 0 Å². The summed E-state index contributed by atoms with van der Waals surface area (Å²) in [6, 6.07) is 6.04. The first-order valence-electron chi connectivity index (χ1n) is 17.6. The maximum Gasteiger partial charge on any atom is 0.475 e. The summed E-state index contributed by atoms with van der Waals surface area (Å²) in [6.45, 7) is 1.23. The van der Waals surface area contributed by atoms with Crippen molar-refractivity contribution in [2.45, 2.75) is 25.2 Å². The molecular weight excluding hydrogens is 713 g/mol. The number of aliphatic carboxylic acids is 3. The van der Waals surface area contributed by atoms with Gasteiger partial charge in [-0.1, -0.05) is 0 Å². The second-order valence-corrected chi connectivity index (χ2v) is 13.0. The van der Waals surface area contributed by atoms with Crippen molar-refractivity contribution in [1.29, 1.82) is 0 Å². The number of carboxylic acid groups (broad SMARTS) is 3. The number of anilines is 1. The molecule has 0 aromatic heterocycles. The summed E-state index contributed by atoms with van der Waals surface area (Å²) in [4.78, 5) is 92.6. The summed E-state index contributed by atoms with van der Waals surface area (Å²) in [5.41, 5.74) is 5.92. The third-order valence-electron chi connectivity index (χ3n) is 8.91. The molecule has 2 aliphatic rings. The average molecular weight is 764 g/mol. The molecule has 9 N–H and O–H groups in total. The van der Waals surface area contributed by atoms with Gasteiger partial charge in [-0.05, 0) is 37.1 Å². The van der Waals surface area contributed by atoms with Gasteiger partial charge in [-0.25, -0.2) is 0 Å². The average Bonchev–Trinajstić information content (AvgIpc) is 3.61. The number of benzene rings is 1. The van der Waals surface area contributed by atoms with Crippen LogP contribution in [-0.2, 0) is 28.8 Å². The van der Waals surface area contributed by atoms with E-state index in [9.17, 15) is 58.9 Å². The van der Waals surface area contributed by atoms with Gasteiger partial charge in [0.25, 0.3) is 5.91 Å². The zero-order valence-corrected chi connectivity index (χ0v) is 30.0. The van der Waals surface area contributed by atoms with E-state index in [1.807, 2.05) is 0 Å². The van der Waals surface area contributed by atoms with Gasteiger partial charge in [-0.15, -0.1) is 0 Å². The number of carbonyl (C=O) groups excluding carboxylic acids is 4. The van der Waals surface area contributed by atoms with Crippen LogP contribution < -0.4 is 21.5 Å². The van der Waals surface area contributed by atoms with Crippen LogP contribution in [0.25, 0.3) is 0 Å². The molecule has 2 heterocycles. The number of hydrogen-bond donors (Lipinski definition) is 9. The van der Waals surface area contributed by atoms with Crippen LogP contribution in [0.3, 0.4) is 0 Å². The normalized spacial score (nSPS) is 18.1. The SMILES string of the molecule is O=C(O)CN1CCN(CC(=O)O)CCN(CC(=O)NCCC(=O)NNc2ccc(C(=O)NCC(=O)N3CCC[C@H]3B(O)O)cc2)CCN(CC(=O)O)CC1. The van der Waals surface area contributed by atoms with Gasteiger partial charge < -0.3 is 40.9 Å². The van der Waals surface area contributed by atoms with Crippen LogP contribution in [-0.4, -0.2) is 203 Å². The van der Waals surface area contributed by atoms with Crippen molar-refractivity contribution in [2.24, 2.45) is 0 Å². The molecule has 1 atom stereocenters. The van der Waals surface area contributed by atoms with Crippen molar-refractivity contribution in [1.82, 2.24) is 40.6 Å². The van der Waals surface area contributed by atoms with E-state index in [0.29, 0.717) is 25.1 Å². The molecule has 2 fully saturated rings. The summed E-state index contributed by atoms with van der Waals surface area (Å²) in [5, 5.41) is 52.2. The van der Waals surface area contributed by atoms with Crippen molar-refractivity contribution < 1.29 is 58.9 Å². The molecule has 1 aromatic rings. The Hall–Kier alpha value is -4.87. The molecule has 21 nitrogen and oxygen atoms in total. The number of rotatable bonds is 17. The number of nitrogens with one attached hydrogen (secondary N) is 4. The Morgan fingerprint density at radius 1 is 0.648 bits per heavy atom. The zero-order valence-electron chi connectivity index (χ0n) is 30.0. The van der Waals surface area contributed by atoms with Crippen molar-refractivity contribution >= 4 is 54.3 Å². The molecule has 0 saturated carbocycles. The summed E-state index contributed by atoms with van der Waals surface area (Å²) < 4.78 is 0. The fourth-order valence-corrected chi connectivity index (χ4v) is 6.04. The predicted molar refractivity (Wildman–Crippen MR) is 192 cm³/mol. The number of amides is 4. The van der Waals surface area contributed by atoms with Gasteiger partial charge in [0.05, 0.1) is 44.4 Å². The summed E-state index contributed by atoms with van der Waals surface area (Å²) in [5.74, 6) is -5.64. The quantitative estimate of drug-likeness (QED) is 0.0538. The minimum absolute atomic E-state index is 0.00312. The molecule has 0 spiro atoms. The molecule has 2 aliphatic heterocycles. The molecule has 1 aromatic carbocycles. The molecule has 54 heavy (non-hydrogen) atoms. The summed E-state index contributed by atoms with van der Waals surface area (Å²) in [6.07, 6.45) is 1.02. The highest BCUT2D eigenvalue weighted by molar-refractivity contribution is 6.43. The van der Waals surface area contributed by atoms with Gasteiger partial charge in [0.2, 0.25) is 17.7 Å². The van der Waals surface area contributed by atoms with E-state index < -0.39 is 54.6 Å². The Morgan fingerprint density at radius 3 is 1.59 bits per heavy atom. The lowest BCUT2D eigenvalue weighted by Gasteiger charge is -2.32. The maximum atomic E-state index is 12.8. The number of carboxylic acids is 3. The van der Waals surface area contributed by atoms with E-state index in [4.69, 9.17) is 0 Å². The highest BCUT2D eigenvalue weighted by atomic mass is 16.4. The van der Waals surface area contributed by atoms with Gasteiger partial charge in [0.1, 0.15) is 0 Å². The summed E-state index contributed by atoms with van der Waals surface area (Å²) >= 11 is 0. The third-order valence-corrected chi connectivity index (χ3v) is 8.91. The topological polar surface area (TPSA) is 285 Å². The van der Waals surface area contributed by atoms with Crippen LogP contribution in [0.2, 0.25) is 0 Å². The van der Waals surface area contributed by atoms with Crippen LogP contribution in [0.1, 0.15) is 29.6 Å². The van der Waals surface area contributed by atoms with Crippen LogP contribution >= 0.6 is 0 Å². The number of hydrazine groups is 1. The lowest BCUT2D eigenvalue weighted by atomic mass is 9.78. The van der Waals surface area contributed by atoms with Gasteiger partial charge >= 0.3 is 25.0 Å². The molecule has 0 aliphatic carbocycles. The van der Waals surface area contributed by atoms with Crippen molar-refractivity contribution in [3.8, 4) is 0 Å². The van der Waals surface area contributed by atoms with Gasteiger partial charge in [0.15, 0.2) is 0 Å². The first kappa shape index (κ1) is 43.5. The molecule has 2 saturated heterocycles. The van der Waals surface area contributed by atoms with Crippen molar-refractivity contribution in [3.63, 3.8) is 0 Å². The van der Waals surface area contributed by atoms with Gasteiger partial charge in [-0.3, -0.25) is 64.0 Å². The first-order valence-corrected chi connectivity index (χ1v) is 17.6. The molecule has 0 radical (unpaired) electrons. The molecule has 22 heteroatoms. The Bertz CT molecular complexity index is 1420. The fourth-order valence-electron chi connectivity index (χ4n) is 6.04.